The third-order valence-corrected chi connectivity index (χ3v) is 4.89. The lowest BCUT2D eigenvalue weighted by molar-refractivity contribution is -0.928. The summed E-state index contributed by atoms with van der Waals surface area (Å²) in [6.07, 6.45) is 1.11. The number of anilines is 2. The highest BCUT2D eigenvalue weighted by molar-refractivity contribution is 7.59. The van der Waals surface area contributed by atoms with E-state index < -0.39 is 0 Å². The Morgan fingerprint density at radius 2 is 1.65 bits per heavy atom. The van der Waals surface area contributed by atoms with Crippen LogP contribution < -0.4 is 15.3 Å². The van der Waals surface area contributed by atoms with Crippen LogP contribution >= 0.6 is 0 Å². The number of para-hydroxylation sites is 2. The number of nitrogens with one attached hydrogen (secondary N) is 2. The van der Waals surface area contributed by atoms with Gasteiger partial charge in [-0.25, -0.2) is 10.0 Å². The monoisotopic (exact) mass is 327 g/mol. The highest BCUT2D eigenvalue weighted by Crippen LogP contribution is 2.28. The minimum atomic E-state index is -0.116. The van der Waals surface area contributed by atoms with Crippen LogP contribution in [0.4, 0.5) is 11.4 Å². The first-order chi connectivity index (χ1) is 11.0. The third kappa shape index (κ3) is 3.33. The van der Waals surface area contributed by atoms with Crippen molar-refractivity contribution in [3.63, 3.8) is 0 Å². The van der Waals surface area contributed by atoms with Crippen molar-refractivity contribution < 1.29 is 5.01 Å². The van der Waals surface area contributed by atoms with Crippen molar-refractivity contribution in [3.8, 4) is 0 Å². The van der Waals surface area contributed by atoms with Crippen LogP contribution in [0.5, 0.6) is 0 Å². The Bertz CT molecular complexity index is 630. The van der Waals surface area contributed by atoms with Gasteiger partial charge in [0.2, 0.25) is 0 Å². The molecule has 3 atom stereocenters. The highest BCUT2D eigenvalue weighted by Gasteiger charge is 2.47. The van der Waals surface area contributed by atoms with E-state index in [1.165, 1.54) is 10.7 Å². The van der Waals surface area contributed by atoms with Gasteiger partial charge in [0.25, 0.3) is 0 Å². The second kappa shape index (κ2) is 6.46. The zero-order valence-corrected chi connectivity index (χ0v) is 14.8. The number of hydrogen-bond donors (Lipinski definition) is 2. The fourth-order valence-electron chi connectivity index (χ4n) is 3.73. The summed E-state index contributed by atoms with van der Waals surface area (Å²) in [6.45, 7) is 6.88. The van der Waals surface area contributed by atoms with Gasteiger partial charge >= 0.3 is 0 Å². The Kier molecular flexibility index (Phi) is 4.55. The Morgan fingerprint density at radius 1 is 1.09 bits per heavy atom. The fraction of sp³-hybridized carbons (Fsp3) is 0.368. The number of hydrogen-bond acceptors (Lipinski definition) is 3. The molecule has 0 amide bonds. The molecule has 2 aromatic carbocycles. The Hall–Kier alpha value is -1.65. The molecule has 3 rings (SSSR count). The summed E-state index contributed by atoms with van der Waals surface area (Å²) in [6, 6.07) is 21.3. The van der Waals surface area contributed by atoms with Gasteiger partial charge in [-0.15, -0.1) is 0 Å². The summed E-state index contributed by atoms with van der Waals surface area (Å²) in [7, 11) is 0. The zero-order valence-electron chi connectivity index (χ0n) is 14.0. The largest absolute Gasteiger partial charge is 0.702 e. The smallest absolute Gasteiger partial charge is 0.109 e. The summed E-state index contributed by atoms with van der Waals surface area (Å²) >= 11 is 5.85. The SMILES string of the molecule is CC1CC(C)(C)N(c2ccccc2)[NH+]1C([S-])Nc1ccccc1. The van der Waals surface area contributed by atoms with Crippen molar-refractivity contribution in [2.75, 3.05) is 10.3 Å². The molecule has 23 heavy (non-hydrogen) atoms. The van der Waals surface area contributed by atoms with Crippen LogP contribution in [0.2, 0.25) is 0 Å². The average molecular weight is 327 g/mol. The van der Waals surface area contributed by atoms with E-state index in [1.807, 2.05) is 18.2 Å². The van der Waals surface area contributed by atoms with E-state index >= 15 is 0 Å². The van der Waals surface area contributed by atoms with Crippen molar-refractivity contribution in [2.24, 2.45) is 0 Å². The van der Waals surface area contributed by atoms with E-state index in [2.05, 4.69) is 73.6 Å². The van der Waals surface area contributed by atoms with Gasteiger partial charge in [-0.05, 0) is 45.0 Å². The zero-order chi connectivity index (χ0) is 16.4. The molecule has 2 N–H and O–H groups in total. The van der Waals surface area contributed by atoms with Gasteiger partial charge in [-0.1, -0.05) is 36.4 Å². The lowest BCUT2D eigenvalue weighted by Crippen LogP contribution is -3.24. The van der Waals surface area contributed by atoms with E-state index in [0.717, 1.165) is 12.1 Å². The van der Waals surface area contributed by atoms with Gasteiger partial charge in [0.05, 0.1) is 16.7 Å². The molecule has 3 nitrogen and oxygen atoms in total. The number of rotatable bonds is 4. The molecule has 1 fully saturated rings. The predicted molar refractivity (Wildman–Crippen MR) is 99.3 cm³/mol. The normalized spacial score (nSPS) is 24.4. The minimum Gasteiger partial charge on any atom is -0.702 e. The van der Waals surface area contributed by atoms with E-state index in [4.69, 9.17) is 12.6 Å². The number of quaternary nitrogens is 1. The Balaban J connectivity index is 1.88. The molecule has 122 valence electrons. The first-order valence-corrected chi connectivity index (χ1v) is 8.65. The van der Waals surface area contributed by atoms with E-state index in [-0.39, 0.29) is 11.0 Å². The second-order valence-electron chi connectivity index (χ2n) is 6.90. The van der Waals surface area contributed by atoms with Gasteiger partial charge in [0.15, 0.2) is 0 Å². The molecule has 3 unspecified atom stereocenters. The van der Waals surface area contributed by atoms with E-state index in [0.29, 0.717) is 6.04 Å². The molecular weight excluding hydrogens is 302 g/mol. The maximum atomic E-state index is 5.85. The van der Waals surface area contributed by atoms with Crippen LogP contribution in [-0.2, 0) is 12.6 Å². The molecule has 0 aliphatic carbocycles. The van der Waals surface area contributed by atoms with Gasteiger partial charge in [0.1, 0.15) is 6.04 Å². The molecule has 0 saturated carbocycles. The van der Waals surface area contributed by atoms with Crippen LogP contribution in [0.3, 0.4) is 0 Å². The predicted octanol–water partition coefficient (Wildman–Crippen LogP) is 2.81. The van der Waals surface area contributed by atoms with Gasteiger partial charge in [-0.3, -0.25) is 0 Å². The van der Waals surface area contributed by atoms with Crippen molar-refractivity contribution in [3.05, 3.63) is 60.7 Å². The number of benzene rings is 2. The summed E-state index contributed by atoms with van der Waals surface area (Å²) in [5, 5.41) is 7.22. The van der Waals surface area contributed by atoms with Crippen LogP contribution in [0.25, 0.3) is 0 Å². The minimum absolute atomic E-state index is 0.0749. The molecule has 1 aliphatic heterocycles. The van der Waals surface area contributed by atoms with Gasteiger partial charge in [0, 0.05) is 12.1 Å². The standard InChI is InChI=1S/C19H25N3S/c1-15-14-19(2,3)22(17-12-8-5-9-13-17)21(15)18(23)20-16-10-6-4-7-11-16/h4-13,15,18,20,23H,14H2,1-3H3. The first-order valence-electron chi connectivity index (χ1n) is 8.18. The maximum absolute atomic E-state index is 5.85. The van der Waals surface area contributed by atoms with Crippen molar-refractivity contribution in [1.29, 1.82) is 0 Å². The molecular formula is C19H25N3S. The maximum Gasteiger partial charge on any atom is 0.109 e. The summed E-state index contributed by atoms with van der Waals surface area (Å²) in [4.78, 5) is 0. The molecule has 4 heteroatoms. The second-order valence-corrected chi connectivity index (χ2v) is 7.38. The van der Waals surface area contributed by atoms with Gasteiger partial charge < -0.3 is 17.9 Å². The summed E-state index contributed by atoms with van der Waals surface area (Å²) < 4.78 is 0. The molecule has 1 aliphatic rings. The quantitative estimate of drug-likeness (QED) is 0.843. The number of nitrogens with zero attached hydrogens (tertiary/aromatic N) is 1. The molecule has 0 radical (unpaired) electrons. The average Bonchev–Trinajstić information content (AvgIpc) is 2.78. The van der Waals surface area contributed by atoms with Crippen LogP contribution in [0, 0.1) is 0 Å². The van der Waals surface area contributed by atoms with Crippen molar-refractivity contribution >= 4 is 24.0 Å². The van der Waals surface area contributed by atoms with Crippen LogP contribution in [0.1, 0.15) is 27.2 Å². The first kappa shape index (κ1) is 16.2. The highest BCUT2D eigenvalue weighted by atomic mass is 32.1. The Labute approximate surface area is 144 Å². The van der Waals surface area contributed by atoms with Crippen molar-refractivity contribution in [2.45, 2.75) is 44.3 Å². The summed E-state index contributed by atoms with van der Waals surface area (Å²) in [5.74, 6) is 0. The topological polar surface area (TPSA) is 19.7 Å². The van der Waals surface area contributed by atoms with Crippen molar-refractivity contribution in [1.82, 2.24) is 0 Å². The molecule has 0 spiro atoms. The fourth-order valence-corrected chi connectivity index (χ4v) is 4.20. The summed E-state index contributed by atoms with van der Waals surface area (Å²) in [5.41, 5.74) is 2.26. The molecule has 0 bridgehead atoms. The lowest BCUT2D eigenvalue weighted by Gasteiger charge is -2.43. The van der Waals surface area contributed by atoms with Crippen LogP contribution in [-0.4, -0.2) is 17.1 Å². The molecule has 1 saturated heterocycles. The van der Waals surface area contributed by atoms with E-state index in [1.54, 1.807) is 0 Å². The Morgan fingerprint density at radius 3 is 2.26 bits per heavy atom. The van der Waals surface area contributed by atoms with E-state index in [9.17, 15) is 0 Å². The van der Waals surface area contributed by atoms with Crippen LogP contribution in [0.15, 0.2) is 60.7 Å². The third-order valence-electron chi connectivity index (χ3n) is 4.53. The lowest BCUT2D eigenvalue weighted by atomic mass is 9.98. The molecule has 1 heterocycles. The van der Waals surface area contributed by atoms with Gasteiger partial charge in [-0.2, -0.15) is 0 Å². The molecule has 0 aromatic heterocycles. The molecule has 2 aromatic rings.